The highest BCUT2D eigenvalue weighted by Gasteiger charge is 2.65. The van der Waals surface area contributed by atoms with Crippen molar-refractivity contribution >= 4 is 8.07 Å². The van der Waals surface area contributed by atoms with E-state index in [0.29, 0.717) is 10.8 Å². The van der Waals surface area contributed by atoms with Gasteiger partial charge < -0.3 is 4.90 Å². The Morgan fingerprint density at radius 1 is 0.585 bits per heavy atom. The Hall–Kier alpha value is -0.243. The van der Waals surface area contributed by atoms with Crippen LogP contribution in [0.15, 0.2) is 11.3 Å². The Balaban J connectivity index is 1.31. The molecule has 2 heteroatoms. The lowest BCUT2D eigenvalue weighted by Gasteiger charge is -2.51. The monoisotopic (exact) mass is 578 g/mol. The van der Waals surface area contributed by atoms with Crippen molar-refractivity contribution in [3.63, 3.8) is 0 Å². The molecule has 0 N–H and O–H groups in total. The van der Waals surface area contributed by atoms with E-state index >= 15 is 0 Å². The summed E-state index contributed by atoms with van der Waals surface area (Å²) >= 11 is 0. The van der Waals surface area contributed by atoms with Crippen LogP contribution in [0, 0.1) is 64.1 Å². The third-order valence-corrected chi connectivity index (χ3v) is 20.6. The van der Waals surface area contributed by atoms with Gasteiger partial charge in [0.15, 0.2) is 0 Å². The molecule has 5 saturated carbocycles. The molecule has 0 amide bonds. The standard InChI is InChI=1S/C39H67NSi/c1-38(2,3)24-18-20-26-27-21-19-25(39(4,5)6)23-32(27)36(31(26)22-24)41(8,9)37-29-15-11-10-14-28(29)34-30-16-12-13-17-33(30)40(7)35(34)37/h24-33,36-37H,10-23H2,1-9H3. The van der Waals surface area contributed by atoms with Gasteiger partial charge in [0.05, 0.1) is 8.07 Å². The van der Waals surface area contributed by atoms with Crippen molar-refractivity contribution in [1.29, 1.82) is 0 Å². The number of allylic oxidation sites excluding steroid dienone is 1. The molecule has 1 nitrogen and oxygen atoms in total. The molecule has 7 aliphatic rings. The molecule has 0 spiro atoms. The lowest BCUT2D eigenvalue weighted by atomic mass is 9.62. The average Bonchev–Trinajstić information content (AvgIpc) is 3.54. The molecule has 0 bridgehead atoms. The Morgan fingerprint density at radius 3 is 1.66 bits per heavy atom. The van der Waals surface area contributed by atoms with E-state index < -0.39 is 8.07 Å². The normalized spacial score (nSPS) is 46.6. The highest BCUT2D eigenvalue weighted by Crippen LogP contribution is 2.71. The van der Waals surface area contributed by atoms with E-state index in [1.165, 1.54) is 57.8 Å². The first kappa shape index (κ1) is 29.5. The molecule has 11 atom stereocenters. The molecule has 5 fully saturated rings. The van der Waals surface area contributed by atoms with E-state index in [1.807, 2.05) is 5.70 Å². The smallest absolute Gasteiger partial charge is 0.0610 e. The maximum atomic E-state index is 3.00. The van der Waals surface area contributed by atoms with Gasteiger partial charge in [-0.2, -0.15) is 0 Å². The summed E-state index contributed by atoms with van der Waals surface area (Å²) in [6, 6.07) is 0.855. The summed E-state index contributed by atoms with van der Waals surface area (Å²) in [5.74, 6) is 8.93. The topological polar surface area (TPSA) is 3.24 Å². The van der Waals surface area contributed by atoms with Crippen LogP contribution >= 0.6 is 0 Å². The van der Waals surface area contributed by atoms with Gasteiger partial charge in [-0.05, 0) is 139 Å². The van der Waals surface area contributed by atoms with E-state index in [-0.39, 0.29) is 0 Å². The van der Waals surface area contributed by atoms with Crippen LogP contribution in [0.1, 0.15) is 131 Å². The van der Waals surface area contributed by atoms with Gasteiger partial charge in [-0.25, -0.2) is 0 Å². The summed E-state index contributed by atoms with van der Waals surface area (Å²) in [4.78, 5) is 2.98. The second-order valence-electron chi connectivity index (χ2n) is 19.7. The number of nitrogens with zero attached hydrogens (tertiary/aromatic N) is 1. The van der Waals surface area contributed by atoms with E-state index in [2.05, 4.69) is 72.2 Å². The zero-order valence-electron chi connectivity index (χ0n) is 28.8. The van der Waals surface area contributed by atoms with Gasteiger partial charge in [0.1, 0.15) is 0 Å². The van der Waals surface area contributed by atoms with Gasteiger partial charge in [0, 0.05) is 24.7 Å². The van der Waals surface area contributed by atoms with Crippen LogP contribution in [0.5, 0.6) is 0 Å². The Morgan fingerprint density at radius 2 is 1.10 bits per heavy atom. The van der Waals surface area contributed by atoms with Gasteiger partial charge in [0.25, 0.3) is 0 Å². The fraction of sp³-hybridized carbons (Fsp3) is 0.949. The number of likely N-dealkylation sites (tertiary alicyclic amines) is 1. The van der Waals surface area contributed by atoms with Crippen molar-refractivity contribution in [2.24, 2.45) is 64.1 Å². The number of hydrogen-bond acceptors (Lipinski definition) is 1. The molecule has 1 aliphatic heterocycles. The maximum absolute atomic E-state index is 3.00. The van der Waals surface area contributed by atoms with Crippen molar-refractivity contribution in [2.75, 3.05) is 7.05 Å². The van der Waals surface area contributed by atoms with Crippen LogP contribution in [-0.4, -0.2) is 26.1 Å². The molecule has 0 aromatic heterocycles. The van der Waals surface area contributed by atoms with E-state index in [9.17, 15) is 0 Å². The minimum absolute atomic E-state index is 0.474. The summed E-state index contributed by atoms with van der Waals surface area (Å²) in [7, 11) is 0.959. The van der Waals surface area contributed by atoms with Crippen molar-refractivity contribution in [1.82, 2.24) is 4.90 Å². The molecule has 0 radical (unpaired) electrons. The molecular formula is C39H67NSi. The number of hydrogen-bond donors (Lipinski definition) is 0. The molecule has 41 heavy (non-hydrogen) atoms. The summed E-state index contributed by atoms with van der Waals surface area (Å²) in [6.07, 6.45) is 21.3. The first-order valence-corrected chi connectivity index (χ1v) is 21.9. The van der Waals surface area contributed by atoms with Gasteiger partial charge >= 0.3 is 0 Å². The van der Waals surface area contributed by atoms with Crippen molar-refractivity contribution in [2.45, 2.75) is 162 Å². The zero-order chi connectivity index (χ0) is 29.1. The Kier molecular flexibility index (Phi) is 7.28. The molecular weight excluding hydrogens is 511 g/mol. The van der Waals surface area contributed by atoms with Crippen molar-refractivity contribution in [3.8, 4) is 0 Å². The molecule has 11 unspecified atom stereocenters. The minimum atomic E-state index is -1.63. The summed E-state index contributed by atoms with van der Waals surface area (Å²) in [5.41, 5.74) is 7.03. The average molecular weight is 578 g/mol. The minimum Gasteiger partial charge on any atom is -0.374 e. The predicted octanol–water partition coefficient (Wildman–Crippen LogP) is 11.2. The molecule has 0 saturated heterocycles. The SMILES string of the molecule is CN1C2=C(C3CCCCC3C2[Si](C)(C)C2C3CC(C(C)(C)C)CCC3C3CCC(C(C)(C)C)CC32)C2CCCCC21. The van der Waals surface area contributed by atoms with Crippen LogP contribution in [-0.2, 0) is 0 Å². The summed E-state index contributed by atoms with van der Waals surface area (Å²) in [5, 5.41) is 0. The molecule has 1 heterocycles. The second-order valence-corrected chi connectivity index (χ2v) is 24.6. The van der Waals surface area contributed by atoms with Crippen LogP contribution in [0.2, 0.25) is 24.2 Å². The van der Waals surface area contributed by atoms with Crippen LogP contribution < -0.4 is 0 Å². The van der Waals surface area contributed by atoms with Crippen molar-refractivity contribution < 1.29 is 0 Å². The van der Waals surface area contributed by atoms with E-state index in [0.717, 1.165) is 70.4 Å². The van der Waals surface area contributed by atoms with E-state index in [1.54, 1.807) is 32.1 Å². The lowest BCUT2D eigenvalue weighted by Crippen LogP contribution is -2.50. The summed E-state index contributed by atoms with van der Waals surface area (Å²) in [6.45, 7) is 21.4. The first-order valence-electron chi connectivity index (χ1n) is 18.8. The number of rotatable bonds is 2. The van der Waals surface area contributed by atoms with Crippen LogP contribution in [0.25, 0.3) is 0 Å². The zero-order valence-corrected chi connectivity index (χ0v) is 29.8. The fourth-order valence-corrected chi connectivity index (χ4v) is 19.9. The largest absolute Gasteiger partial charge is 0.374 e. The van der Waals surface area contributed by atoms with Gasteiger partial charge in [0.2, 0.25) is 0 Å². The molecule has 0 aromatic carbocycles. The van der Waals surface area contributed by atoms with Gasteiger partial charge in [-0.1, -0.05) is 80.3 Å². The van der Waals surface area contributed by atoms with Gasteiger partial charge in [-0.15, -0.1) is 0 Å². The molecule has 6 aliphatic carbocycles. The molecule has 7 rings (SSSR count). The fourth-order valence-electron chi connectivity index (χ4n) is 14.0. The number of fused-ring (bicyclic) bond motifs is 7. The maximum Gasteiger partial charge on any atom is 0.0610 e. The van der Waals surface area contributed by atoms with Crippen LogP contribution in [0.4, 0.5) is 0 Å². The highest BCUT2D eigenvalue weighted by molar-refractivity contribution is 6.81. The van der Waals surface area contributed by atoms with Crippen molar-refractivity contribution in [3.05, 3.63) is 11.3 Å². The molecule has 232 valence electrons. The van der Waals surface area contributed by atoms with E-state index in [4.69, 9.17) is 0 Å². The quantitative estimate of drug-likeness (QED) is 0.295. The Labute approximate surface area is 256 Å². The van der Waals surface area contributed by atoms with Crippen LogP contribution in [0.3, 0.4) is 0 Å². The summed E-state index contributed by atoms with van der Waals surface area (Å²) < 4.78 is 0. The predicted molar refractivity (Wildman–Crippen MR) is 179 cm³/mol. The Bertz CT molecular complexity index is 987. The third kappa shape index (κ3) is 4.54. The second kappa shape index (κ2) is 10.1. The third-order valence-electron chi connectivity index (χ3n) is 15.7. The lowest BCUT2D eigenvalue weighted by molar-refractivity contribution is 0.0722. The highest BCUT2D eigenvalue weighted by atomic mass is 28.3. The van der Waals surface area contributed by atoms with Gasteiger partial charge in [-0.3, -0.25) is 0 Å². The molecule has 0 aromatic rings. The first-order chi connectivity index (χ1) is 19.3.